The summed E-state index contributed by atoms with van der Waals surface area (Å²) < 4.78 is 0. The van der Waals surface area contributed by atoms with Crippen LogP contribution in [0.15, 0.2) is 24.3 Å². The molecule has 1 fully saturated rings. The molecule has 1 atom stereocenters. The highest BCUT2D eigenvalue weighted by molar-refractivity contribution is 5.23. The number of hydrogen-bond donors (Lipinski definition) is 1. The van der Waals surface area contributed by atoms with E-state index in [1.165, 1.54) is 31.2 Å². The Morgan fingerprint density at radius 2 is 1.76 bits per heavy atom. The average molecular weight is 289 g/mol. The van der Waals surface area contributed by atoms with Crippen LogP contribution in [0.2, 0.25) is 0 Å². The molecule has 0 aliphatic heterocycles. The number of benzene rings is 1. The van der Waals surface area contributed by atoms with Crippen molar-refractivity contribution in [3.63, 3.8) is 0 Å². The monoisotopic (exact) mass is 289 g/mol. The third-order valence-electron chi connectivity index (χ3n) is 5.15. The molecule has 1 unspecified atom stereocenters. The molecule has 0 radical (unpaired) electrons. The molecule has 2 nitrogen and oxygen atoms in total. The molecule has 0 bridgehead atoms. The third kappa shape index (κ3) is 4.82. The Labute approximate surface area is 130 Å². The van der Waals surface area contributed by atoms with Crippen molar-refractivity contribution in [1.82, 2.24) is 4.90 Å². The summed E-state index contributed by atoms with van der Waals surface area (Å²) in [6, 6.07) is 8.94. The summed E-state index contributed by atoms with van der Waals surface area (Å²) in [4.78, 5) is 2.45. The Morgan fingerprint density at radius 3 is 2.33 bits per heavy atom. The molecule has 0 aromatic heterocycles. The van der Waals surface area contributed by atoms with E-state index in [1.807, 2.05) is 12.1 Å². The Bertz CT molecular complexity index is 427. The van der Waals surface area contributed by atoms with Gasteiger partial charge in [0, 0.05) is 12.6 Å². The van der Waals surface area contributed by atoms with Crippen molar-refractivity contribution < 1.29 is 5.11 Å². The second-order valence-corrected chi connectivity index (χ2v) is 7.59. The summed E-state index contributed by atoms with van der Waals surface area (Å²) >= 11 is 0. The quantitative estimate of drug-likeness (QED) is 0.872. The molecule has 0 amide bonds. The van der Waals surface area contributed by atoms with Gasteiger partial charge < -0.3 is 10.0 Å². The highest BCUT2D eigenvalue weighted by atomic mass is 16.3. The fraction of sp³-hybridized carbons (Fsp3) is 0.684. The summed E-state index contributed by atoms with van der Waals surface area (Å²) in [6.45, 7) is 7.81. The summed E-state index contributed by atoms with van der Waals surface area (Å²) in [5.41, 5.74) is 2.81. The van der Waals surface area contributed by atoms with Crippen LogP contribution in [0.4, 0.5) is 0 Å². The molecule has 0 heterocycles. The summed E-state index contributed by atoms with van der Waals surface area (Å²) in [6.07, 6.45) is 5.71. The molecule has 1 aromatic rings. The van der Waals surface area contributed by atoms with Gasteiger partial charge in [0.2, 0.25) is 0 Å². The van der Waals surface area contributed by atoms with Gasteiger partial charge in [-0.2, -0.15) is 0 Å². The van der Waals surface area contributed by atoms with E-state index in [-0.39, 0.29) is 6.10 Å². The molecular weight excluding hydrogens is 258 g/mol. The lowest BCUT2D eigenvalue weighted by Gasteiger charge is -2.38. The maximum Gasteiger partial charge on any atom is 0.0802 e. The van der Waals surface area contributed by atoms with E-state index in [2.05, 4.69) is 44.9 Å². The lowest BCUT2D eigenvalue weighted by Crippen LogP contribution is -2.38. The Morgan fingerprint density at radius 1 is 1.19 bits per heavy atom. The summed E-state index contributed by atoms with van der Waals surface area (Å²) in [7, 11) is 2.21. The van der Waals surface area contributed by atoms with Gasteiger partial charge >= 0.3 is 0 Å². The fourth-order valence-corrected chi connectivity index (χ4v) is 3.29. The number of nitrogens with zero attached hydrogens (tertiary/aromatic N) is 1. The van der Waals surface area contributed by atoms with Crippen molar-refractivity contribution in [1.29, 1.82) is 0 Å². The molecule has 1 aromatic carbocycles. The number of aryl methyl sites for hydroxylation is 1. The van der Waals surface area contributed by atoms with Gasteiger partial charge in [-0.15, -0.1) is 0 Å². The van der Waals surface area contributed by atoms with E-state index >= 15 is 0 Å². The Kier molecular flexibility index (Phi) is 5.45. The second kappa shape index (κ2) is 6.93. The van der Waals surface area contributed by atoms with Crippen LogP contribution in [0.1, 0.15) is 63.2 Å². The predicted molar refractivity (Wildman–Crippen MR) is 89.4 cm³/mol. The van der Waals surface area contributed by atoms with Crippen LogP contribution in [0.25, 0.3) is 0 Å². The van der Waals surface area contributed by atoms with Crippen molar-refractivity contribution in [2.24, 2.45) is 5.41 Å². The van der Waals surface area contributed by atoms with E-state index in [4.69, 9.17) is 0 Å². The zero-order valence-corrected chi connectivity index (χ0v) is 14.1. The van der Waals surface area contributed by atoms with Crippen molar-refractivity contribution in [2.45, 2.75) is 65.0 Å². The van der Waals surface area contributed by atoms with Crippen molar-refractivity contribution in [3.8, 4) is 0 Å². The topological polar surface area (TPSA) is 23.5 Å². The van der Waals surface area contributed by atoms with Crippen molar-refractivity contribution >= 4 is 0 Å². The van der Waals surface area contributed by atoms with E-state index in [0.29, 0.717) is 11.5 Å². The molecule has 2 heteroatoms. The zero-order chi connectivity index (χ0) is 15.5. The van der Waals surface area contributed by atoms with Crippen LogP contribution in [0.3, 0.4) is 0 Å². The number of aliphatic hydroxyl groups is 1. The molecule has 1 aliphatic rings. The van der Waals surface area contributed by atoms with Gasteiger partial charge in [-0.05, 0) is 57.1 Å². The van der Waals surface area contributed by atoms with Crippen LogP contribution >= 0.6 is 0 Å². The Hall–Kier alpha value is -0.860. The average Bonchev–Trinajstić information content (AvgIpc) is 2.45. The number of rotatable bonds is 5. The predicted octanol–water partition coefficient (Wildman–Crippen LogP) is 4.32. The van der Waals surface area contributed by atoms with E-state index in [9.17, 15) is 5.11 Å². The van der Waals surface area contributed by atoms with Gasteiger partial charge in [0.25, 0.3) is 0 Å². The standard InChI is InChI=1S/C19H31NO/c1-15-5-7-16(8-6-15)18(21)11-14-20(4)17-9-12-19(2,3)13-10-17/h5-8,17-18,21H,9-14H2,1-4H3. The molecule has 1 aliphatic carbocycles. The van der Waals surface area contributed by atoms with E-state index in [1.54, 1.807) is 0 Å². The highest BCUT2D eigenvalue weighted by Crippen LogP contribution is 2.36. The lowest BCUT2D eigenvalue weighted by atomic mass is 9.75. The molecular formula is C19H31NO. The van der Waals surface area contributed by atoms with Gasteiger partial charge in [-0.25, -0.2) is 0 Å². The molecule has 0 saturated heterocycles. The molecule has 0 spiro atoms. The molecule has 21 heavy (non-hydrogen) atoms. The summed E-state index contributed by atoms with van der Waals surface area (Å²) in [5, 5.41) is 10.3. The first-order valence-corrected chi connectivity index (χ1v) is 8.32. The third-order valence-corrected chi connectivity index (χ3v) is 5.15. The van der Waals surface area contributed by atoms with Gasteiger partial charge in [0.1, 0.15) is 0 Å². The van der Waals surface area contributed by atoms with E-state index < -0.39 is 0 Å². The first kappa shape index (κ1) is 16.5. The molecule has 1 N–H and O–H groups in total. The normalized spacial score (nSPS) is 20.7. The molecule has 1 saturated carbocycles. The summed E-state index contributed by atoms with van der Waals surface area (Å²) in [5.74, 6) is 0. The maximum absolute atomic E-state index is 10.3. The minimum absolute atomic E-state index is 0.340. The lowest BCUT2D eigenvalue weighted by molar-refractivity contribution is 0.101. The zero-order valence-electron chi connectivity index (χ0n) is 14.1. The SMILES string of the molecule is Cc1ccc(C(O)CCN(C)C2CCC(C)(C)CC2)cc1. The van der Waals surface area contributed by atoms with Crippen molar-refractivity contribution in [2.75, 3.05) is 13.6 Å². The van der Waals surface area contributed by atoms with Crippen molar-refractivity contribution in [3.05, 3.63) is 35.4 Å². The number of aliphatic hydroxyl groups excluding tert-OH is 1. The van der Waals surface area contributed by atoms with Gasteiger partial charge in [0.05, 0.1) is 6.10 Å². The van der Waals surface area contributed by atoms with E-state index in [0.717, 1.165) is 18.5 Å². The minimum atomic E-state index is -0.340. The van der Waals surface area contributed by atoms with Gasteiger partial charge in [-0.1, -0.05) is 43.7 Å². The maximum atomic E-state index is 10.3. The largest absolute Gasteiger partial charge is 0.388 e. The van der Waals surface area contributed by atoms with Gasteiger partial charge in [0.15, 0.2) is 0 Å². The highest BCUT2D eigenvalue weighted by Gasteiger charge is 2.28. The van der Waals surface area contributed by atoms with Crippen LogP contribution in [0.5, 0.6) is 0 Å². The molecule has 118 valence electrons. The minimum Gasteiger partial charge on any atom is -0.388 e. The first-order valence-electron chi connectivity index (χ1n) is 8.32. The number of hydrogen-bond acceptors (Lipinski definition) is 2. The smallest absolute Gasteiger partial charge is 0.0802 e. The molecule has 2 rings (SSSR count). The van der Waals surface area contributed by atoms with Crippen LogP contribution in [-0.2, 0) is 0 Å². The van der Waals surface area contributed by atoms with Crippen LogP contribution < -0.4 is 0 Å². The fourth-order valence-electron chi connectivity index (χ4n) is 3.29. The van der Waals surface area contributed by atoms with Crippen LogP contribution in [0, 0.1) is 12.3 Å². The van der Waals surface area contributed by atoms with Gasteiger partial charge in [-0.3, -0.25) is 0 Å². The van der Waals surface area contributed by atoms with Crippen LogP contribution in [-0.4, -0.2) is 29.6 Å². The second-order valence-electron chi connectivity index (χ2n) is 7.59. The first-order chi connectivity index (χ1) is 9.87. The Balaban J connectivity index is 1.78.